The van der Waals surface area contributed by atoms with Gasteiger partial charge >= 0.3 is 0 Å². The quantitative estimate of drug-likeness (QED) is 0.862. The zero-order valence-electron chi connectivity index (χ0n) is 11.1. The lowest BCUT2D eigenvalue weighted by Gasteiger charge is -2.15. The van der Waals surface area contributed by atoms with Gasteiger partial charge in [-0.1, -0.05) is 24.3 Å². The number of pyridine rings is 1. The molecular weight excluding hydrogens is 273 g/mol. The maximum absolute atomic E-state index is 13.6. The smallest absolute Gasteiger partial charge is 0.270 e. The number of hydrogen-bond acceptors (Lipinski definition) is 3. The molecule has 0 spiro atoms. The average molecular weight is 287 g/mol. The molecule has 0 saturated heterocycles. The molecule has 3 N–H and O–H groups in total. The van der Waals surface area contributed by atoms with E-state index in [4.69, 9.17) is 5.73 Å². The normalized spacial score (nSPS) is 11.7. The fourth-order valence-electron chi connectivity index (χ4n) is 1.84. The Morgan fingerprint density at radius 3 is 2.52 bits per heavy atom. The van der Waals surface area contributed by atoms with Crippen LogP contribution < -0.4 is 11.1 Å². The van der Waals surface area contributed by atoms with Gasteiger partial charge < -0.3 is 11.1 Å². The molecule has 0 radical (unpaired) electrons. The molecule has 5 nitrogen and oxygen atoms in total. The Labute approximate surface area is 121 Å². The molecule has 0 aliphatic carbocycles. The molecule has 0 saturated carbocycles. The third-order valence-corrected chi connectivity index (χ3v) is 2.93. The predicted octanol–water partition coefficient (Wildman–Crippen LogP) is 1.05. The molecule has 21 heavy (non-hydrogen) atoms. The third-order valence-electron chi connectivity index (χ3n) is 2.93. The van der Waals surface area contributed by atoms with E-state index in [2.05, 4.69) is 10.3 Å². The molecule has 1 heterocycles. The van der Waals surface area contributed by atoms with Gasteiger partial charge in [0, 0.05) is 12.6 Å². The SMILES string of the molecule is NC(=O)[C@H](Cc1ccccc1F)NC(=O)c1ccccn1. The Kier molecular flexibility index (Phi) is 4.61. The molecule has 2 aromatic rings. The van der Waals surface area contributed by atoms with Crippen molar-refractivity contribution < 1.29 is 14.0 Å². The highest BCUT2D eigenvalue weighted by atomic mass is 19.1. The van der Waals surface area contributed by atoms with E-state index in [9.17, 15) is 14.0 Å². The number of halogens is 1. The van der Waals surface area contributed by atoms with E-state index in [-0.39, 0.29) is 12.1 Å². The number of carbonyl (C=O) groups is 2. The van der Waals surface area contributed by atoms with Crippen LogP contribution in [0.15, 0.2) is 48.7 Å². The lowest BCUT2D eigenvalue weighted by molar-refractivity contribution is -0.119. The van der Waals surface area contributed by atoms with Crippen LogP contribution in [0.4, 0.5) is 4.39 Å². The molecule has 0 fully saturated rings. The summed E-state index contributed by atoms with van der Waals surface area (Å²) in [6, 6.07) is 9.85. The van der Waals surface area contributed by atoms with Crippen LogP contribution in [0.5, 0.6) is 0 Å². The highest BCUT2D eigenvalue weighted by Gasteiger charge is 2.21. The number of amides is 2. The maximum atomic E-state index is 13.6. The van der Waals surface area contributed by atoms with Gasteiger partial charge in [-0.05, 0) is 23.8 Å². The Morgan fingerprint density at radius 2 is 1.90 bits per heavy atom. The number of benzene rings is 1. The van der Waals surface area contributed by atoms with Crippen LogP contribution in [0.3, 0.4) is 0 Å². The van der Waals surface area contributed by atoms with Crippen molar-refractivity contribution in [1.29, 1.82) is 0 Å². The molecule has 1 aromatic heterocycles. The summed E-state index contributed by atoms with van der Waals surface area (Å²) in [5.41, 5.74) is 5.74. The van der Waals surface area contributed by atoms with Crippen molar-refractivity contribution in [3.8, 4) is 0 Å². The van der Waals surface area contributed by atoms with Gasteiger partial charge in [-0.2, -0.15) is 0 Å². The number of nitrogens with one attached hydrogen (secondary N) is 1. The molecular formula is C15H14FN3O2. The van der Waals surface area contributed by atoms with Gasteiger partial charge in [-0.25, -0.2) is 4.39 Å². The Morgan fingerprint density at radius 1 is 1.19 bits per heavy atom. The summed E-state index contributed by atoms with van der Waals surface area (Å²) in [6.07, 6.45) is 1.45. The van der Waals surface area contributed by atoms with Crippen molar-refractivity contribution in [3.63, 3.8) is 0 Å². The van der Waals surface area contributed by atoms with Gasteiger partial charge in [-0.15, -0.1) is 0 Å². The van der Waals surface area contributed by atoms with Crippen molar-refractivity contribution in [2.75, 3.05) is 0 Å². The van der Waals surface area contributed by atoms with Gasteiger partial charge in [-0.3, -0.25) is 14.6 Å². The van der Waals surface area contributed by atoms with Crippen LogP contribution in [-0.2, 0) is 11.2 Å². The van der Waals surface area contributed by atoms with Crippen LogP contribution in [0, 0.1) is 5.82 Å². The molecule has 0 aliphatic heterocycles. The van der Waals surface area contributed by atoms with E-state index in [0.29, 0.717) is 5.56 Å². The number of nitrogens with zero attached hydrogens (tertiary/aromatic N) is 1. The summed E-state index contributed by atoms with van der Waals surface area (Å²) in [5, 5.41) is 2.47. The van der Waals surface area contributed by atoms with Gasteiger partial charge in [0.2, 0.25) is 5.91 Å². The van der Waals surface area contributed by atoms with Gasteiger partial charge in [0.1, 0.15) is 17.6 Å². The topological polar surface area (TPSA) is 85.1 Å². The molecule has 6 heteroatoms. The van der Waals surface area contributed by atoms with Crippen molar-refractivity contribution in [2.45, 2.75) is 12.5 Å². The molecule has 2 rings (SSSR count). The van der Waals surface area contributed by atoms with E-state index in [1.54, 1.807) is 24.3 Å². The van der Waals surface area contributed by atoms with Gasteiger partial charge in [0.25, 0.3) is 5.91 Å². The zero-order chi connectivity index (χ0) is 15.2. The second-order valence-electron chi connectivity index (χ2n) is 4.44. The predicted molar refractivity (Wildman–Crippen MR) is 74.8 cm³/mol. The number of primary amides is 1. The first-order valence-electron chi connectivity index (χ1n) is 6.32. The number of carbonyl (C=O) groups excluding carboxylic acids is 2. The molecule has 0 aliphatic rings. The minimum Gasteiger partial charge on any atom is -0.368 e. The Balaban J connectivity index is 2.12. The van der Waals surface area contributed by atoms with E-state index in [1.165, 1.54) is 24.4 Å². The van der Waals surface area contributed by atoms with Crippen LogP contribution in [0.25, 0.3) is 0 Å². The van der Waals surface area contributed by atoms with E-state index < -0.39 is 23.7 Å². The number of hydrogen-bond donors (Lipinski definition) is 2. The van der Waals surface area contributed by atoms with Crippen molar-refractivity contribution in [3.05, 3.63) is 65.7 Å². The van der Waals surface area contributed by atoms with Crippen LogP contribution in [0.1, 0.15) is 16.1 Å². The summed E-state index contributed by atoms with van der Waals surface area (Å²) in [6.45, 7) is 0. The number of aromatic nitrogens is 1. The van der Waals surface area contributed by atoms with Crippen molar-refractivity contribution >= 4 is 11.8 Å². The second-order valence-corrected chi connectivity index (χ2v) is 4.44. The summed E-state index contributed by atoms with van der Waals surface area (Å²) in [5.74, 6) is -1.71. The first-order chi connectivity index (χ1) is 10.1. The molecule has 1 aromatic carbocycles. The van der Waals surface area contributed by atoms with E-state index >= 15 is 0 Å². The largest absolute Gasteiger partial charge is 0.368 e. The minimum absolute atomic E-state index is 0.0133. The second kappa shape index (κ2) is 6.60. The third kappa shape index (κ3) is 3.85. The fourth-order valence-corrected chi connectivity index (χ4v) is 1.84. The lowest BCUT2D eigenvalue weighted by Crippen LogP contribution is -2.46. The Bertz CT molecular complexity index is 646. The standard InChI is InChI=1S/C15H14FN3O2/c16-11-6-2-1-5-10(11)9-13(14(17)20)19-15(21)12-7-3-4-8-18-12/h1-8,13H,9H2,(H2,17,20)(H,19,21)/t13-/m0/s1. The molecule has 0 bridgehead atoms. The highest BCUT2D eigenvalue weighted by molar-refractivity contribution is 5.95. The van der Waals surface area contributed by atoms with Crippen LogP contribution >= 0.6 is 0 Å². The monoisotopic (exact) mass is 287 g/mol. The number of nitrogens with two attached hydrogens (primary N) is 1. The van der Waals surface area contributed by atoms with Gasteiger partial charge in [0.15, 0.2) is 0 Å². The summed E-state index contributed by atoms with van der Waals surface area (Å²) in [4.78, 5) is 27.3. The molecule has 0 unspecified atom stereocenters. The van der Waals surface area contributed by atoms with Crippen LogP contribution in [-0.4, -0.2) is 22.8 Å². The molecule has 2 amide bonds. The van der Waals surface area contributed by atoms with E-state index in [1.807, 2.05) is 0 Å². The summed E-state index contributed by atoms with van der Waals surface area (Å²) in [7, 11) is 0. The summed E-state index contributed by atoms with van der Waals surface area (Å²) < 4.78 is 13.6. The molecule has 1 atom stereocenters. The van der Waals surface area contributed by atoms with Gasteiger partial charge in [0.05, 0.1) is 0 Å². The average Bonchev–Trinajstić information content (AvgIpc) is 2.49. The van der Waals surface area contributed by atoms with Crippen molar-refractivity contribution in [1.82, 2.24) is 10.3 Å². The number of rotatable bonds is 5. The first kappa shape index (κ1) is 14.6. The molecule has 108 valence electrons. The zero-order valence-corrected chi connectivity index (χ0v) is 11.1. The maximum Gasteiger partial charge on any atom is 0.270 e. The summed E-state index contributed by atoms with van der Waals surface area (Å²) >= 11 is 0. The van der Waals surface area contributed by atoms with Crippen molar-refractivity contribution in [2.24, 2.45) is 5.73 Å². The lowest BCUT2D eigenvalue weighted by atomic mass is 10.0. The first-order valence-corrected chi connectivity index (χ1v) is 6.32. The van der Waals surface area contributed by atoms with Crippen LogP contribution in [0.2, 0.25) is 0 Å². The highest BCUT2D eigenvalue weighted by Crippen LogP contribution is 2.09. The Hall–Kier alpha value is -2.76. The fraction of sp³-hybridized carbons (Fsp3) is 0.133. The van der Waals surface area contributed by atoms with E-state index in [0.717, 1.165) is 0 Å². The minimum atomic E-state index is -1.00.